The summed E-state index contributed by atoms with van der Waals surface area (Å²) < 4.78 is 11.4. The summed E-state index contributed by atoms with van der Waals surface area (Å²) in [6, 6.07) is -1.11. The minimum absolute atomic E-state index is 0.00406. The molecule has 0 aromatic carbocycles. The van der Waals surface area contributed by atoms with Crippen molar-refractivity contribution in [2.75, 3.05) is 46.0 Å². The molecular formula is C24H44N4O8. The van der Waals surface area contributed by atoms with Gasteiger partial charge in [0.15, 0.2) is 0 Å². The molecule has 0 saturated carbocycles. The van der Waals surface area contributed by atoms with Gasteiger partial charge in [-0.15, -0.1) is 0 Å². The maximum atomic E-state index is 13.2. The van der Waals surface area contributed by atoms with Crippen LogP contribution in [-0.4, -0.2) is 114 Å². The number of nitrogens with zero attached hydrogens (tertiary/aromatic N) is 2. The monoisotopic (exact) mass is 516 g/mol. The molecule has 1 aliphatic rings. The van der Waals surface area contributed by atoms with E-state index < -0.39 is 42.1 Å². The molecule has 0 spiro atoms. The smallest absolute Gasteiger partial charge is 0.245 e. The Labute approximate surface area is 213 Å². The second kappa shape index (κ2) is 16.5. The molecule has 12 nitrogen and oxygen atoms in total. The van der Waals surface area contributed by atoms with Crippen LogP contribution in [0.5, 0.6) is 0 Å². The van der Waals surface area contributed by atoms with Gasteiger partial charge in [0.25, 0.3) is 0 Å². The highest BCUT2D eigenvalue weighted by atomic mass is 16.5. The topological polar surface area (TPSA) is 172 Å². The first-order chi connectivity index (χ1) is 16.9. The lowest BCUT2D eigenvalue weighted by atomic mass is 10.1. The minimum Gasteiger partial charge on any atom is -0.388 e. The van der Waals surface area contributed by atoms with Crippen molar-refractivity contribution >= 4 is 23.6 Å². The average molecular weight is 517 g/mol. The zero-order valence-electron chi connectivity index (χ0n) is 22.0. The highest BCUT2D eigenvalue weighted by molar-refractivity contribution is 5.91. The zero-order valence-corrected chi connectivity index (χ0v) is 22.0. The number of rotatable bonds is 8. The molecule has 1 heterocycles. The summed E-state index contributed by atoms with van der Waals surface area (Å²) >= 11 is 0. The molecule has 0 aromatic rings. The second-order valence-corrected chi connectivity index (χ2v) is 9.65. The molecule has 4 atom stereocenters. The first kappa shape index (κ1) is 31.7. The number of nitrogens with one attached hydrogen (secondary N) is 1. The Bertz CT molecular complexity index is 704. The third-order valence-corrected chi connectivity index (χ3v) is 5.94. The quantitative estimate of drug-likeness (QED) is 0.318. The van der Waals surface area contributed by atoms with Crippen molar-refractivity contribution in [2.45, 2.75) is 77.7 Å². The van der Waals surface area contributed by atoms with Crippen LogP contribution in [0.3, 0.4) is 0 Å². The molecule has 0 unspecified atom stereocenters. The maximum Gasteiger partial charge on any atom is 0.245 e. The number of carbonyl (C=O) groups is 4. The van der Waals surface area contributed by atoms with Gasteiger partial charge in [-0.3, -0.25) is 19.2 Å². The predicted molar refractivity (Wildman–Crippen MR) is 132 cm³/mol. The van der Waals surface area contributed by atoms with Gasteiger partial charge in [-0.05, 0) is 25.2 Å². The van der Waals surface area contributed by atoms with E-state index in [1.807, 2.05) is 13.8 Å². The number of aliphatic hydroxyl groups excluding tert-OH is 2. The van der Waals surface area contributed by atoms with E-state index in [0.717, 1.165) is 6.42 Å². The summed E-state index contributed by atoms with van der Waals surface area (Å²) in [6.45, 7) is 7.82. The Hall–Kier alpha value is -2.28. The van der Waals surface area contributed by atoms with Crippen molar-refractivity contribution in [3.05, 3.63) is 0 Å². The number of aliphatic hydroxyl groups is 2. The summed E-state index contributed by atoms with van der Waals surface area (Å²) in [4.78, 5) is 51.7. The molecule has 4 amide bonds. The summed E-state index contributed by atoms with van der Waals surface area (Å²) in [5, 5.41) is 23.7. The molecule has 0 radical (unpaired) electrons. The lowest BCUT2D eigenvalue weighted by molar-refractivity contribution is -0.143. The van der Waals surface area contributed by atoms with E-state index in [2.05, 4.69) is 5.32 Å². The standard InChI is InChI=1S/C24H44N4O8/c1-16(2)7-12-36-21-14-28(18(4)30)10-9-27(8-5-6-11-35-15-20(31)23(21)33)24(34)19(13-22(25)32)26-17(3)29/h16,19-21,23,31,33H,5-15H2,1-4H3,(H2,25,32)(H,26,29)/t19-,20-,21-,23-/m1/s1. The highest BCUT2D eigenvalue weighted by Crippen LogP contribution is 2.13. The van der Waals surface area contributed by atoms with Crippen LogP contribution < -0.4 is 11.1 Å². The minimum atomic E-state index is -1.28. The van der Waals surface area contributed by atoms with E-state index in [9.17, 15) is 29.4 Å². The number of hydrogen-bond acceptors (Lipinski definition) is 8. The van der Waals surface area contributed by atoms with Crippen molar-refractivity contribution in [3.8, 4) is 0 Å². The number of amides is 4. The van der Waals surface area contributed by atoms with E-state index >= 15 is 0 Å². The number of ether oxygens (including phenoxy) is 2. The van der Waals surface area contributed by atoms with Crippen LogP contribution in [0.25, 0.3) is 0 Å². The third-order valence-electron chi connectivity index (χ3n) is 5.94. The number of nitrogens with two attached hydrogens (primary N) is 1. The van der Waals surface area contributed by atoms with Crippen molar-refractivity contribution in [1.82, 2.24) is 15.1 Å². The fraction of sp³-hybridized carbons (Fsp3) is 0.833. The van der Waals surface area contributed by atoms with Crippen LogP contribution in [0.15, 0.2) is 0 Å². The molecule has 1 fully saturated rings. The van der Waals surface area contributed by atoms with E-state index in [-0.39, 0.29) is 38.6 Å². The Morgan fingerprint density at radius 3 is 2.33 bits per heavy atom. The number of primary amides is 1. The largest absolute Gasteiger partial charge is 0.388 e. The van der Waals surface area contributed by atoms with Crippen LogP contribution in [-0.2, 0) is 28.7 Å². The number of hydrogen-bond donors (Lipinski definition) is 4. The van der Waals surface area contributed by atoms with Crippen molar-refractivity contribution in [1.29, 1.82) is 0 Å². The van der Waals surface area contributed by atoms with Gasteiger partial charge in [0.05, 0.1) is 13.0 Å². The molecule has 12 heteroatoms. The second-order valence-electron chi connectivity index (χ2n) is 9.65. The lowest BCUT2D eigenvalue weighted by Gasteiger charge is -2.34. The SMILES string of the molecule is CC(=O)N[C@H](CC(N)=O)C(=O)N1CCCCOC[C@@H](O)[C@@H](O)[C@H](OCCC(C)C)CN(C(C)=O)CC1. The first-order valence-electron chi connectivity index (χ1n) is 12.6. The molecule has 5 N–H and O–H groups in total. The number of carbonyl (C=O) groups excluding carboxylic acids is 4. The van der Waals surface area contributed by atoms with Gasteiger partial charge < -0.3 is 40.5 Å². The van der Waals surface area contributed by atoms with Crippen molar-refractivity contribution in [3.63, 3.8) is 0 Å². The van der Waals surface area contributed by atoms with Gasteiger partial charge >= 0.3 is 0 Å². The average Bonchev–Trinajstić information content (AvgIpc) is 2.78. The normalized spacial score (nSPS) is 23.6. The Morgan fingerprint density at radius 1 is 1.08 bits per heavy atom. The van der Waals surface area contributed by atoms with E-state index in [1.165, 1.54) is 23.6 Å². The summed E-state index contributed by atoms with van der Waals surface area (Å²) in [6.07, 6.45) is -1.81. The summed E-state index contributed by atoms with van der Waals surface area (Å²) in [5.74, 6) is -1.59. The Kier molecular flexibility index (Phi) is 14.5. The van der Waals surface area contributed by atoms with Gasteiger partial charge in [0, 0.05) is 53.2 Å². The third kappa shape index (κ3) is 12.1. The molecule has 0 aromatic heterocycles. The molecule has 36 heavy (non-hydrogen) atoms. The fourth-order valence-corrected chi connectivity index (χ4v) is 3.81. The van der Waals surface area contributed by atoms with E-state index in [0.29, 0.717) is 38.5 Å². The van der Waals surface area contributed by atoms with E-state index in [1.54, 1.807) is 0 Å². The van der Waals surface area contributed by atoms with Crippen LogP contribution in [0.1, 0.15) is 53.4 Å². The molecule has 1 rings (SSSR count). The van der Waals surface area contributed by atoms with Crippen LogP contribution in [0, 0.1) is 5.92 Å². The zero-order chi connectivity index (χ0) is 27.3. The molecule has 1 aliphatic heterocycles. The molecule has 208 valence electrons. The maximum absolute atomic E-state index is 13.2. The highest BCUT2D eigenvalue weighted by Gasteiger charge is 2.32. The van der Waals surface area contributed by atoms with Crippen LogP contribution in [0.2, 0.25) is 0 Å². The van der Waals surface area contributed by atoms with Gasteiger partial charge in [-0.25, -0.2) is 0 Å². The Balaban J connectivity index is 3.11. The summed E-state index contributed by atoms with van der Waals surface area (Å²) in [5.41, 5.74) is 5.28. The molecular weight excluding hydrogens is 472 g/mol. The van der Waals surface area contributed by atoms with Gasteiger partial charge in [-0.2, -0.15) is 0 Å². The van der Waals surface area contributed by atoms with Crippen LogP contribution in [0.4, 0.5) is 0 Å². The van der Waals surface area contributed by atoms with Gasteiger partial charge in [-0.1, -0.05) is 13.8 Å². The van der Waals surface area contributed by atoms with Crippen LogP contribution >= 0.6 is 0 Å². The summed E-state index contributed by atoms with van der Waals surface area (Å²) in [7, 11) is 0. The van der Waals surface area contributed by atoms with Gasteiger partial charge in [0.1, 0.15) is 24.4 Å². The predicted octanol–water partition coefficient (Wildman–Crippen LogP) is -0.993. The van der Waals surface area contributed by atoms with Gasteiger partial charge in [0.2, 0.25) is 23.6 Å². The fourth-order valence-electron chi connectivity index (χ4n) is 3.81. The van der Waals surface area contributed by atoms with Crippen molar-refractivity contribution < 1.29 is 38.9 Å². The molecule has 0 aliphatic carbocycles. The molecule has 1 saturated heterocycles. The van der Waals surface area contributed by atoms with Crippen molar-refractivity contribution in [2.24, 2.45) is 11.7 Å². The Morgan fingerprint density at radius 2 is 1.75 bits per heavy atom. The molecule has 0 bridgehead atoms. The first-order valence-corrected chi connectivity index (χ1v) is 12.6. The lowest BCUT2D eigenvalue weighted by Crippen LogP contribution is -2.53. The van der Waals surface area contributed by atoms with E-state index in [4.69, 9.17) is 15.2 Å².